The van der Waals surface area contributed by atoms with Gasteiger partial charge in [0.2, 0.25) is 5.91 Å². The zero-order chi connectivity index (χ0) is 18.6. The van der Waals surface area contributed by atoms with E-state index in [1.54, 1.807) is 11.3 Å². The highest BCUT2D eigenvalue weighted by molar-refractivity contribution is 7.12. The Morgan fingerprint density at radius 3 is 2.50 bits per heavy atom. The van der Waals surface area contributed by atoms with Gasteiger partial charge in [0.25, 0.3) is 0 Å². The molecule has 1 fully saturated rings. The Morgan fingerprint density at radius 2 is 1.85 bits per heavy atom. The molecule has 3 rings (SSSR count). The van der Waals surface area contributed by atoms with E-state index in [0.29, 0.717) is 11.6 Å². The molecule has 1 saturated heterocycles. The minimum Gasteiger partial charge on any atom is -0.385 e. The standard InChI is InChI=1S/C20H25ClN2O2S/c1-15(24)22-14-19-7-6-18(26-19)8-11-23-12-9-20(25,10-13-23)16-2-4-17(21)5-3-16/h2-7,25H,8-14H2,1H3,(H,22,24). The fourth-order valence-electron chi connectivity index (χ4n) is 3.33. The third kappa shape index (κ3) is 5.07. The second kappa shape index (κ2) is 8.53. The first-order valence-electron chi connectivity index (χ1n) is 8.97. The second-order valence-corrected chi connectivity index (χ2v) is 8.60. The monoisotopic (exact) mass is 392 g/mol. The lowest BCUT2D eigenvalue weighted by Crippen LogP contribution is -2.43. The lowest BCUT2D eigenvalue weighted by molar-refractivity contribution is -0.119. The number of hydrogen-bond acceptors (Lipinski definition) is 4. The fraction of sp³-hybridized carbons (Fsp3) is 0.450. The van der Waals surface area contributed by atoms with E-state index in [-0.39, 0.29) is 5.91 Å². The highest BCUT2D eigenvalue weighted by atomic mass is 35.5. The lowest BCUT2D eigenvalue weighted by Gasteiger charge is -2.38. The minimum atomic E-state index is -0.741. The van der Waals surface area contributed by atoms with Crippen molar-refractivity contribution in [2.24, 2.45) is 0 Å². The Hall–Kier alpha value is -1.40. The second-order valence-electron chi connectivity index (χ2n) is 6.91. The van der Waals surface area contributed by atoms with Gasteiger partial charge in [0.1, 0.15) is 0 Å². The molecule has 6 heteroatoms. The van der Waals surface area contributed by atoms with Gasteiger partial charge < -0.3 is 15.3 Å². The quantitative estimate of drug-likeness (QED) is 0.790. The van der Waals surface area contributed by atoms with Crippen LogP contribution in [0.2, 0.25) is 5.02 Å². The minimum absolute atomic E-state index is 0.00133. The van der Waals surface area contributed by atoms with Gasteiger partial charge in [-0.25, -0.2) is 0 Å². The summed E-state index contributed by atoms with van der Waals surface area (Å²) in [6.45, 7) is 4.93. The van der Waals surface area contributed by atoms with Crippen LogP contribution in [0, 0.1) is 0 Å². The predicted octanol–water partition coefficient (Wildman–Crippen LogP) is 3.56. The molecular formula is C20H25ClN2O2S. The third-order valence-electron chi connectivity index (χ3n) is 4.97. The molecule has 1 aliphatic heterocycles. The molecule has 0 saturated carbocycles. The van der Waals surface area contributed by atoms with Crippen molar-refractivity contribution in [3.05, 3.63) is 56.7 Å². The topological polar surface area (TPSA) is 52.6 Å². The van der Waals surface area contributed by atoms with Gasteiger partial charge in [0, 0.05) is 41.3 Å². The number of aliphatic hydroxyl groups is 1. The number of benzene rings is 1. The summed E-state index contributed by atoms with van der Waals surface area (Å²) in [7, 11) is 0. The molecule has 0 bridgehead atoms. The van der Waals surface area contributed by atoms with Crippen LogP contribution in [-0.2, 0) is 23.4 Å². The molecule has 4 nitrogen and oxygen atoms in total. The molecule has 2 N–H and O–H groups in total. The van der Waals surface area contributed by atoms with Crippen molar-refractivity contribution in [1.29, 1.82) is 0 Å². The molecule has 0 unspecified atom stereocenters. The summed E-state index contributed by atoms with van der Waals surface area (Å²) in [6, 6.07) is 11.8. The van der Waals surface area contributed by atoms with E-state index in [4.69, 9.17) is 11.6 Å². The number of hydrogen-bond donors (Lipinski definition) is 2. The van der Waals surface area contributed by atoms with Gasteiger partial charge >= 0.3 is 0 Å². The molecule has 1 aliphatic rings. The van der Waals surface area contributed by atoms with E-state index < -0.39 is 5.60 Å². The van der Waals surface area contributed by atoms with Gasteiger partial charge in [-0.05, 0) is 49.1 Å². The van der Waals surface area contributed by atoms with Crippen molar-refractivity contribution >= 4 is 28.8 Å². The third-order valence-corrected chi connectivity index (χ3v) is 6.37. The molecule has 1 amide bonds. The Balaban J connectivity index is 1.47. The fourth-order valence-corrected chi connectivity index (χ4v) is 4.40. The lowest BCUT2D eigenvalue weighted by atomic mass is 9.84. The van der Waals surface area contributed by atoms with Crippen molar-refractivity contribution in [2.45, 2.75) is 38.3 Å². The zero-order valence-corrected chi connectivity index (χ0v) is 16.6. The van der Waals surface area contributed by atoms with Crippen LogP contribution in [-0.4, -0.2) is 35.5 Å². The number of carbonyl (C=O) groups excluding carboxylic acids is 1. The highest BCUT2D eigenvalue weighted by Crippen LogP contribution is 2.33. The van der Waals surface area contributed by atoms with Crippen LogP contribution in [0.5, 0.6) is 0 Å². The summed E-state index contributed by atoms with van der Waals surface area (Å²) in [5.41, 5.74) is 0.220. The Labute approximate surface area is 163 Å². The first-order chi connectivity index (χ1) is 12.4. The van der Waals surface area contributed by atoms with Gasteiger partial charge in [-0.1, -0.05) is 23.7 Å². The number of amides is 1. The number of rotatable bonds is 6. The van der Waals surface area contributed by atoms with Gasteiger partial charge in [-0.15, -0.1) is 11.3 Å². The van der Waals surface area contributed by atoms with E-state index in [2.05, 4.69) is 22.3 Å². The number of nitrogens with one attached hydrogen (secondary N) is 1. The van der Waals surface area contributed by atoms with Crippen molar-refractivity contribution in [3.63, 3.8) is 0 Å². The molecular weight excluding hydrogens is 368 g/mol. The van der Waals surface area contributed by atoms with E-state index in [9.17, 15) is 9.90 Å². The maximum absolute atomic E-state index is 11.0. The van der Waals surface area contributed by atoms with E-state index >= 15 is 0 Å². The van der Waals surface area contributed by atoms with Gasteiger partial charge in [-0.3, -0.25) is 4.79 Å². The van der Waals surface area contributed by atoms with Crippen LogP contribution in [0.3, 0.4) is 0 Å². The SMILES string of the molecule is CC(=O)NCc1ccc(CCN2CCC(O)(c3ccc(Cl)cc3)CC2)s1. The van der Waals surface area contributed by atoms with Crippen molar-refractivity contribution in [2.75, 3.05) is 19.6 Å². The van der Waals surface area contributed by atoms with Crippen LogP contribution in [0.4, 0.5) is 0 Å². The van der Waals surface area contributed by atoms with E-state index in [0.717, 1.165) is 44.5 Å². The van der Waals surface area contributed by atoms with Crippen LogP contribution in [0.15, 0.2) is 36.4 Å². The van der Waals surface area contributed by atoms with Crippen molar-refractivity contribution in [3.8, 4) is 0 Å². The first-order valence-corrected chi connectivity index (χ1v) is 10.2. The molecule has 0 aliphatic carbocycles. The Morgan fingerprint density at radius 1 is 1.19 bits per heavy atom. The van der Waals surface area contributed by atoms with Crippen LogP contribution < -0.4 is 5.32 Å². The molecule has 140 valence electrons. The number of piperidine rings is 1. The summed E-state index contributed by atoms with van der Waals surface area (Å²) in [4.78, 5) is 15.9. The summed E-state index contributed by atoms with van der Waals surface area (Å²) in [6.07, 6.45) is 2.49. The van der Waals surface area contributed by atoms with Crippen molar-refractivity contribution < 1.29 is 9.90 Å². The van der Waals surface area contributed by atoms with E-state index in [1.165, 1.54) is 16.7 Å². The van der Waals surface area contributed by atoms with Crippen molar-refractivity contribution in [1.82, 2.24) is 10.2 Å². The highest BCUT2D eigenvalue weighted by Gasteiger charge is 2.33. The number of halogens is 1. The smallest absolute Gasteiger partial charge is 0.217 e. The molecule has 0 atom stereocenters. The van der Waals surface area contributed by atoms with Crippen LogP contribution >= 0.6 is 22.9 Å². The molecule has 0 spiro atoms. The maximum Gasteiger partial charge on any atom is 0.217 e. The largest absolute Gasteiger partial charge is 0.385 e. The number of likely N-dealkylation sites (tertiary alicyclic amines) is 1. The molecule has 2 aromatic rings. The maximum atomic E-state index is 11.0. The van der Waals surface area contributed by atoms with Gasteiger partial charge in [-0.2, -0.15) is 0 Å². The van der Waals surface area contributed by atoms with E-state index in [1.807, 2.05) is 24.3 Å². The normalized spacial score (nSPS) is 17.2. The van der Waals surface area contributed by atoms with Crippen LogP contribution in [0.1, 0.15) is 35.1 Å². The predicted molar refractivity (Wildman–Crippen MR) is 107 cm³/mol. The average Bonchev–Trinajstić information content (AvgIpc) is 3.08. The summed E-state index contributed by atoms with van der Waals surface area (Å²) in [5.74, 6) is 0.00133. The van der Waals surface area contributed by atoms with Gasteiger partial charge in [0.05, 0.1) is 12.1 Å². The first kappa shape index (κ1) is 19.4. The summed E-state index contributed by atoms with van der Waals surface area (Å²) < 4.78 is 0. The molecule has 26 heavy (non-hydrogen) atoms. The zero-order valence-electron chi connectivity index (χ0n) is 15.0. The Bertz CT molecular complexity index is 737. The average molecular weight is 393 g/mol. The number of nitrogens with zero attached hydrogens (tertiary/aromatic N) is 1. The number of carbonyl (C=O) groups is 1. The van der Waals surface area contributed by atoms with Crippen LogP contribution in [0.25, 0.3) is 0 Å². The molecule has 2 heterocycles. The summed E-state index contributed by atoms with van der Waals surface area (Å²) >= 11 is 7.70. The molecule has 0 radical (unpaired) electrons. The summed E-state index contributed by atoms with van der Waals surface area (Å²) in [5, 5.41) is 14.5. The van der Waals surface area contributed by atoms with Gasteiger partial charge in [0.15, 0.2) is 0 Å². The molecule has 1 aromatic carbocycles. The number of thiophene rings is 1. The Kier molecular flexibility index (Phi) is 6.35. The molecule has 1 aromatic heterocycles.